The molecular formula is C18H20N2S. The number of pyridine rings is 1. The van der Waals surface area contributed by atoms with Crippen LogP contribution in [0.2, 0.25) is 0 Å². The average Bonchev–Trinajstić information content (AvgIpc) is 2.95. The van der Waals surface area contributed by atoms with Gasteiger partial charge in [-0.25, -0.2) is 0 Å². The minimum Gasteiger partial charge on any atom is -0.306 e. The Kier molecular flexibility index (Phi) is 4.04. The van der Waals surface area contributed by atoms with Gasteiger partial charge in [0.2, 0.25) is 0 Å². The van der Waals surface area contributed by atoms with Crippen LogP contribution < -0.4 is 5.32 Å². The molecule has 0 aliphatic carbocycles. The highest BCUT2D eigenvalue weighted by atomic mass is 32.1. The minimum absolute atomic E-state index is 0.203. The summed E-state index contributed by atoms with van der Waals surface area (Å²) >= 11 is 1.75. The molecule has 3 rings (SSSR count). The van der Waals surface area contributed by atoms with Gasteiger partial charge >= 0.3 is 0 Å². The van der Waals surface area contributed by atoms with Crippen molar-refractivity contribution < 1.29 is 0 Å². The van der Waals surface area contributed by atoms with Gasteiger partial charge in [-0.1, -0.05) is 30.7 Å². The lowest BCUT2D eigenvalue weighted by Crippen LogP contribution is -2.23. The summed E-state index contributed by atoms with van der Waals surface area (Å²) in [5.41, 5.74) is 6.27. The van der Waals surface area contributed by atoms with E-state index in [2.05, 4.69) is 66.8 Å². The Morgan fingerprint density at radius 1 is 1.19 bits per heavy atom. The minimum atomic E-state index is 0.203. The van der Waals surface area contributed by atoms with Gasteiger partial charge in [0.25, 0.3) is 0 Å². The summed E-state index contributed by atoms with van der Waals surface area (Å²) in [7, 11) is 0. The topological polar surface area (TPSA) is 24.9 Å². The van der Waals surface area contributed by atoms with E-state index in [0.717, 1.165) is 12.1 Å². The Bertz CT molecular complexity index is 761. The number of thiophene rings is 1. The van der Waals surface area contributed by atoms with Crippen molar-refractivity contribution in [2.75, 3.05) is 6.54 Å². The van der Waals surface area contributed by atoms with E-state index < -0.39 is 0 Å². The zero-order chi connectivity index (χ0) is 14.8. The van der Waals surface area contributed by atoms with E-state index >= 15 is 0 Å². The predicted octanol–water partition coefficient (Wildman–Crippen LogP) is 4.61. The molecular weight excluding hydrogens is 276 g/mol. The van der Waals surface area contributed by atoms with Gasteiger partial charge in [0.1, 0.15) is 0 Å². The molecule has 2 nitrogen and oxygen atoms in total. The highest BCUT2D eigenvalue weighted by Crippen LogP contribution is 2.29. The average molecular weight is 296 g/mol. The lowest BCUT2D eigenvalue weighted by atomic mass is 9.94. The number of hydrogen-bond acceptors (Lipinski definition) is 3. The number of benzene rings is 1. The van der Waals surface area contributed by atoms with E-state index in [4.69, 9.17) is 0 Å². The molecule has 21 heavy (non-hydrogen) atoms. The third kappa shape index (κ3) is 2.85. The van der Waals surface area contributed by atoms with E-state index in [-0.39, 0.29) is 6.04 Å². The first kappa shape index (κ1) is 14.2. The number of hydrogen-bond donors (Lipinski definition) is 1. The molecule has 1 unspecified atom stereocenters. The molecule has 1 aromatic carbocycles. The van der Waals surface area contributed by atoms with Crippen molar-refractivity contribution in [2.45, 2.75) is 26.8 Å². The summed E-state index contributed by atoms with van der Waals surface area (Å²) in [5, 5.41) is 5.70. The standard InChI is InChI=1S/C18H20N2S/c1-4-19-18(15-9-12(2)5-6-13(15)3)14-10-17-16(20-11-14)7-8-21-17/h5-11,18-19H,4H2,1-3H3. The van der Waals surface area contributed by atoms with Gasteiger partial charge in [-0.15, -0.1) is 11.3 Å². The Balaban J connectivity index is 2.09. The molecule has 0 spiro atoms. The Morgan fingerprint density at radius 2 is 2.05 bits per heavy atom. The van der Waals surface area contributed by atoms with Crippen LogP contribution >= 0.6 is 11.3 Å². The Morgan fingerprint density at radius 3 is 2.86 bits per heavy atom. The van der Waals surface area contributed by atoms with Gasteiger partial charge < -0.3 is 5.32 Å². The number of aromatic nitrogens is 1. The van der Waals surface area contributed by atoms with Crippen molar-refractivity contribution in [2.24, 2.45) is 0 Å². The summed E-state index contributed by atoms with van der Waals surface area (Å²) in [6, 6.07) is 11.2. The summed E-state index contributed by atoms with van der Waals surface area (Å²) in [6.07, 6.45) is 2.00. The molecule has 0 fully saturated rings. The number of aryl methyl sites for hydroxylation is 2. The highest BCUT2D eigenvalue weighted by molar-refractivity contribution is 7.17. The number of nitrogens with zero attached hydrogens (tertiary/aromatic N) is 1. The third-order valence-electron chi connectivity index (χ3n) is 3.81. The van der Waals surface area contributed by atoms with Gasteiger partial charge in [-0.2, -0.15) is 0 Å². The van der Waals surface area contributed by atoms with Crippen molar-refractivity contribution in [1.29, 1.82) is 0 Å². The zero-order valence-electron chi connectivity index (χ0n) is 12.7. The van der Waals surface area contributed by atoms with Crippen LogP contribution in [0.15, 0.2) is 41.9 Å². The Labute approximate surface area is 129 Å². The van der Waals surface area contributed by atoms with E-state index in [0.29, 0.717) is 0 Å². The quantitative estimate of drug-likeness (QED) is 0.760. The molecule has 0 saturated heterocycles. The van der Waals surface area contributed by atoms with Crippen molar-refractivity contribution >= 4 is 21.6 Å². The van der Waals surface area contributed by atoms with Crippen molar-refractivity contribution in [3.05, 3.63) is 64.2 Å². The molecule has 0 amide bonds. The van der Waals surface area contributed by atoms with E-state index in [1.807, 2.05) is 6.20 Å². The van der Waals surface area contributed by atoms with E-state index in [1.54, 1.807) is 11.3 Å². The number of rotatable bonds is 4. The van der Waals surface area contributed by atoms with Crippen LogP contribution in [0.4, 0.5) is 0 Å². The normalized spacial score (nSPS) is 12.7. The van der Waals surface area contributed by atoms with Crippen LogP contribution in [0.5, 0.6) is 0 Å². The second kappa shape index (κ2) is 5.96. The molecule has 0 aliphatic heterocycles. The van der Waals surface area contributed by atoms with Crippen LogP contribution in [0.3, 0.4) is 0 Å². The summed E-state index contributed by atoms with van der Waals surface area (Å²) in [5.74, 6) is 0. The number of fused-ring (bicyclic) bond motifs is 1. The maximum Gasteiger partial charge on any atom is 0.0809 e. The predicted molar refractivity (Wildman–Crippen MR) is 91.1 cm³/mol. The monoisotopic (exact) mass is 296 g/mol. The second-order valence-corrected chi connectivity index (χ2v) is 6.37. The molecule has 3 heteroatoms. The molecule has 2 aromatic heterocycles. The molecule has 1 atom stereocenters. The summed E-state index contributed by atoms with van der Waals surface area (Å²) in [4.78, 5) is 4.59. The summed E-state index contributed by atoms with van der Waals surface area (Å²) < 4.78 is 1.25. The van der Waals surface area contributed by atoms with Gasteiger partial charge in [0.15, 0.2) is 0 Å². The third-order valence-corrected chi connectivity index (χ3v) is 4.66. The Hall–Kier alpha value is -1.71. The molecule has 108 valence electrons. The molecule has 0 aliphatic rings. The van der Waals surface area contributed by atoms with Crippen LogP contribution in [0.1, 0.15) is 35.2 Å². The van der Waals surface area contributed by atoms with E-state index in [1.165, 1.54) is 27.0 Å². The lowest BCUT2D eigenvalue weighted by Gasteiger charge is -2.21. The second-order valence-electron chi connectivity index (χ2n) is 5.42. The van der Waals surface area contributed by atoms with Crippen molar-refractivity contribution in [3.63, 3.8) is 0 Å². The fourth-order valence-electron chi connectivity index (χ4n) is 2.70. The van der Waals surface area contributed by atoms with Gasteiger partial charge in [0, 0.05) is 6.20 Å². The smallest absolute Gasteiger partial charge is 0.0809 e. The van der Waals surface area contributed by atoms with Crippen LogP contribution in [-0.2, 0) is 0 Å². The SMILES string of the molecule is CCNC(c1cnc2ccsc2c1)c1cc(C)ccc1C. The maximum absolute atomic E-state index is 4.59. The number of nitrogens with one attached hydrogen (secondary N) is 1. The fraction of sp³-hybridized carbons (Fsp3) is 0.278. The van der Waals surface area contributed by atoms with Crippen LogP contribution in [0.25, 0.3) is 10.2 Å². The van der Waals surface area contributed by atoms with E-state index in [9.17, 15) is 0 Å². The summed E-state index contributed by atoms with van der Waals surface area (Å²) in [6.45, 7) is 7.40. The molecule has 1 N–H and O–H groups in total. The molecule has 0 bridgehead atoms. The first-order chi connectivity index (χ1) is 10.2. The van der Waals surface area contributed by atoms with Crippen molar-refractivity contribution in [1.82, 2.24) is 10.3 Å². The lowest BCUT2D eigenvalue weighted by molar-refractivity contribution is 0.626. The van der Waals surface area contributed by atoms with Gasteiger partial charge in [-0.05, 0) is 54.6 Å². The fourth-order valence-corrected chi connectivity index (χ4v) is 3.49. The highest BCUT2D eigenvalue weighted by Gasteiger charge is 2.16. The van der Waals surface area contributed by atoms with Crippen LogP contribution in [0, 0.1) is 13.8 Å². The first-order valence-electron chi connectivity index (χ1n) is 7.32. The molecule has 2 heterocycles. The molecule has 0 radical (unpaired) electrons. The zero-order valence-corrected chi connectivity index (χ0v) is 13.5. The molecule has 3 aromatic rings. The van der Waals surface area contributed by atoms with Gasteiger partial charge in [-0.3, -0.25) is 4.98 Å². The maximum atomic E-state index is 4.59. The van der Waals surface area contributed by atoms with Crippen LogP contribution in [-0.4, -0.2) is 11.5 Å². The van der Waals surface area contributed by atoms with Crippen molar-refractivity contribution in [3.8, 4) is 0 Å². The first-order valence-corrected chi connectivity index (χ1v) is 8.20. The largest absolute Gasteiger partial charge is 0.306 e. The van der Waals surface area contributed by atoms with Gasteiger partial charge in [0.05, 0.1) is 16.3 Å². The molecule has 0 saturated carbocycles.